The highest BCUT2D eigenvalue weighted by atomic mass is 16.8. The first-order valence-electron chi connectivity index (χ1n) is 23.5. The Kier molecular flexibility index (Phi) is 12.0. The van der Waals surface area contributed by atoms with Crippen molar-refractivity contribution in [3.8, 4) is 0 Å². The maximum atomic E-state index is 14.1. The standard InChI is InChI=1S/C47H70O15/c1-26-9-10-32-34(21-37(55-32)47(53)39(50)28(3)13-19-54-47)56-41(52)29(4)31-8-7-14-45(57-31)16-11-33(58-45)40(51)43(6)23-30(49)38(61-43)35-24-44(25-48)17-18-46(59-35,62-44)36-12-15-42(5,60-36)22-27(2)20-26/h9-10,20,27-29,31-40,48,50-51,53H,7-8,11-19,21-25H2,1-6H3/b10-9-,26-20-/t27-,28+,29+,31-,32+,33-,34+,35+,36+,37-,38-,39+,40-,42+,43+,44-,45+,46-,47+/m1/s1. The van der Waals surface area contributed by atoms with Gasteiger partial charge in [-0.15, -0.1) is 0 Å². The summed E-state index contributed by atoms with van der Waals surface area (Å²) in [6, 6.07) is 0. The molecule has 0 unspecified atom stereocenters. The molecule has 10 bridgehead atoms. The van der Waals surface area contributed by atoms with E-state index in [1.807, 2.05) is 26.0 Å². The van der Waals surface area contributed by atoms with Crippen LogP contribution in [0, 0.1) is 17.8 Å². The Bertz CT molecular complexity index is 1770. The van der Waals surface area contributed by atoms with Crippen LogP contribution in [0.15, 0.2) is 23.8 Å². The smallest absolute Gasteiger partial charge is 0.311 e. The predicted octanol–water partition coefficient (Wildman–Crippen LogP) is 4.23. The number of carbonyl (C=O) groups is 2. The molecule has 15 heteroatoms. The third-order valence-corrected chi connectivity index (χ3v) is 16.0. The van der Waals surface area contributed by atoms with Crippen LogP contribution in [0.5, 0.6) is 0 Å². The topological polar surface area (TPSA) is 198 Å². The van der Waals surface area contributed by atoms with Gasteiger partial charge in [0.25, 0.3) is 0 Å². The lowest BCUT2D eigenvalue weighted by Crippen LogP contribution is -2.59. The molecule has 19 atom stereocenters. The van der Waals surface area contributed by atoms with Crippen molar-refractivity contribution in [2.75, 3.05) is 13.2 Å². The summed E-state index contributed by atoms with van der Waals surface area (Å²) in [7, 11) is 0. The lowest BCUT2D eigenvalue weighted by atomic mass is 9.87. The average Bonchev–Trinajstić information content (AvgIpc) is 4.06. The molecular formula is C47H70O15. The van der Waals surface area contributed by atoms with E-state index in [1.54, 1.807) is 13.8 Å². The Hall–Kier alpha value is -1.86. The summed E-state index contributed by atoms with van der Waals surface area (Å²) in [5.41, 5.74) is -1.73. The molecule has 0 aliphatic carbocycles. The molecule has 348 valence electrons. The van der Waals surface area contributed by atoms with Crippen molar-refractivity contribution in [3.05, 3.63) is 23.8 Å². The Labute approximate surface area is 365 Å². The summed E-state index contributed by atoms with van der Waals surface area (Å²) < 4.78 is 58.8. The maximum absolute atomic E-state index is 14.1. The predicted molar refractivity (Wildman–Crippen MR) is 219 cm³/mol. The van der Waals surface area contributed by atoms with E-state index in [2.05, 4.69) is 19.9 Å². The van der Waals surface area contributed by atoms with Crippen molar-refractivity contribution < 1.29 is 72.6 Å². The molecule has 0 aromatic carbocycles. The second kappa shape index (κ2) is 16.5. The normalized spacial score (nSPS) is 55.0. The number of Topliss-reactive ketones (excluding diaryl/α,β-unsaturated/α-hetero) is 1. The molecule has 15 nitrogen and oxygen atoms in total. The molecule has 9 rings (SSSR count). The number of hydrogen-bond donors (Lipinski definition) is 4. The molecule has 0 amide bonds. The van der Waals surface area contributed by atoms with Crippen molar-refractivity contribution >= 4 is 11.8 Å². The SMILES string of the molecule is CC1=C/[C@@H](C)C[C@]2(C)CC[C@H](O2)[C@]23CC[C@](CO)(C[C@H](O2)[C@@H]2O[C@@](C)(CC2=O)[C@H](O)[C@H]2CC[C@]4(CCC[C@@H](O4)[C@H](C)C(=O)O[C@H]4C[C@H]([C@]5(O)OCC[C@H](C)[C@@H]5O)O[C@H]4/C=C\1)O2)O3. The zero-order valence-corrected chi connectivity index (χ0v) is 37.3. The van der Waals surface area contributed by atoms with E-state index >= 15 is 0 Å². The number of aliphatic hydroxyl groups excluding tert-OH is 3. The second-order valence-electron chi connectivity index (χ2n) is 21.2. The van der Waals surface area contributed by atoms with Crippen LogP contribution in [0.1, 0.15) is 131 Å². The highest BCUT2D eigenvalue weighted by Gasteiger charge is 2.66. The van der Waals surface area contributed by atoms with Crippen molar-refractivity contribution in [2.45, 2.75) is 227 Å². The van der Waals surface area contributed by atoms with Crippen LogP contribution in [-0.2, 0) is 52.2 Å². The number of ketones is 1. The molecule has 2 spiro atoms. The van der Waals surface area contributed by atoms with E-state index in [0.29, 0.717) is 57.8 Å². The molecule has 0 radical (unpaired) electrons. The third-order valence-electron chi connectivity index (χ3n) is 16.0. The Balaban J connectivity index is 1.01. The van der Waals surface area contributed by atoms with Gasteiger partial charge in [-0.3, -0.25) is 9.59 Å². The van der Waals surface area contributed by atoms with Crippen LogP contribution in [0.4, 0.5) is 0 Å². The van der Waals surface area contributed by atoms with Crippen LogP contribution >= 0.6 is 0 Å². The monoisotopic (exact) mass is 874 g/mol. The molecule has 9 aliphatic heterocycles. The van der Waals surface area contributed by atoms with Crippen LogP contribution < -0.4 is 0 Å². The van der Waals surface area contributed by atoms with Gasteiger partial charge in [-0.1, -0.05) is 37.6 Å². The van der Waals surface area contributed by atoms with Crippen LogP contribution in [0.3, 0.4) is 0 Å². The summed E-state index contributed by atoms with van der Waals surface area (Å²) in [5, 5.41) is 45.5. The van der Waals surface area contributed by atoms with E-state index in [1.165, 1.54) is 0 Å². The Morgan fingerprint density at radius 3 is 2.39 bits per heavy atom. The van der Waals surface area contributed by atoms with Gasteiger partial charge in [0, 0.05) is 38.5 Å². The van der Waals surface area contributed by atoms with Crippen molar-refractivity contribution in [2.24, 2.45) is 17.8 Å². The number of fused-ring (bicyclic) bond motifs is 10. The maximum Gasteiger partial charge on any atom is 0.311 e. The van der Waals surface area contributed by atoms with Gasteiger partial charge < -0.3 is 63.1 Å². The molecule has 0 saturated carbocycles. The summed E-state index contributed by atoms with van der Waals surface area (Å²) in [4.78, 5) is 28.0. The number of ether oxygens (including phenoxy) is 9. The van der Waals surface area contributed by atoms with Crippen LogP contribution in [0.25, 0.3) is 0 Å². The minimum Gasteiger partial charge on any atom is -0.459 e. The van der Waals surface area contributed by atoms with Gasteiger partial charge in [0.05, 0.1) is 48.6 Å². The quantitative estimate of drug-likeness (QED) is 0.288. The molecular weight excluding hydrogens is 805 g/mol. The van der Waals surface area contributed by atoms with Gasteiger partial charge in [0.15, 0.2) is 17.4 Å². The molecule has 8 fully saturated rings. The summed E-state index contributed by atoms with van der Waals surface area (Å²) in [5.74, 6) is -5.63. The highest BCUT2D eigenvalue weighted by molar-refractivity contribution is 5.86. The largest absolute Gasteiger partial charge is 0.459 e. The average molecular weight is 875 g/mol. The first kappa shape index (κ1) is 45.3. The number of hydrogen-bond acceptors (Lipinski definition) is 15. The van der Waals surface area contributed by atoms with Crippen molar-refractivity contribution in [1.29, 1.82) is 0 Å². The zero-order valence-electron chi connectivity index (χ0n) is 37.3. The van der Waals surface area contributed by atoms with Crippen LogP contribution in [0.2, 0.25) is 0 Å². The van der Waals surface area contributed by atoms with Gasteiger partial charge in [0.2, 0.25) is 5.79 Å². The second-order valence-corrected chi connectivity index (χ2v) is 21.2. The van der Waals surface area contributed by atoms with Crippen molar-refractivity contribution in [1.82, 2.24) is 0 Å². The highest BCUT2D eigenvalue weighted by Crippen LogP contribution is 2.55. The Morgan fingerprint density at radius 2 is 1.60 bits per heavy atom. The molecule has 62 heavy (non-hydrogen) atoms. The lowest BCUT2D eigenvalue weighted by molar-refractivity contribution is -0.365. The van der Waals surface area contributed by atoms with Gasteiger partial charge in [-0.25, -0.2) is 0 Å². The third kappa shape index (κ3) is 8.09. The minimum atomic E-state index is -1.97. The van der Waals surface area contributed by atoms with Gasteiger partial charge in [-0.2, -0.15) is 0 Å². The van der Waals surface area contributed by atoms with E-state index in [9.17, 15) is 30.0 Å². The molecule has 8 saturated heterocycles. The number of aliphatic hydroxyl groups is 4. The fourth-order valence-electron chi connectivity index (χ4n) is 12.5. The van der Waals surface area contributed by atoms with Gasteiger partial charge >= 0.3 is 5.97 Å². The van der Waals surface area contributed by atoms with Gasteiger partial charge in [-0.05, 0) is 90.9 Å². The van der Waals surface area contributed by atoms with E-state index in [-0.39, 0.29) is 50.1 Å². The number of allylic oxidation sites excluding steroid dienone is 3. The van der Waals surface area contributed by atoms with E-state index < -0.39 is 107 Å². The molecule has 9 heterocycles. The van der Waals surface area contributed by atoms with Gasteiger partial charge in [0.1, 0.15) is 48.3 Å². The molecule has 9 aliphatic rings. The summed E-state index contributed by atoms with van der Waals surface area (Å²) in [6.45, 7) is 11.7. The lowest BCUT2D eigenvalue weighted by Gasteiger charge is -2.47. The Morgan fingerprint density at radius 1 is 0.806 bits per heavy atom. The number of esters is 1. The van der Waals surface area contributed by atoms with Crippen LogP contribution in [-0.4, -0.2) is 141 Å². The fourth-order valence-corrected chi connectivity index (χ4v) is 12.5. The van der Waals surface area contributed by atoms with E-state index in [0.717, 1.165) is 18.4 Å². The number of carbonyl (C=O) groups excluding carboxylic acids is 2. The summed E-state index contributed by atoms with van der Waals surface area (Å²) >= 11 is 0. The van der Waals surface area contributed by atoms with E-state index in [4.69, 9.17) is 42.6 Å². The number of rotatable bonds is 2. The fraction of sp³-hybridized carbons (Fsp3) is 0.872. The summed E-state index contributed by atoms with van der Waals surface area (Å²) in [6.07, 6.45) is 4.76. The first-order valence-corrected chi connectivity index (χ1v) is 23.5. The van der Waals surface area contributed by atoms with Crippen molar-refractivity contribution in [3.63, 3.8) is 0 Å². The molecule has 4 N–H and O–H groups in total. The molecule has 0 aromatic rings. The first-order chi connectivity index (χ1) is 29.3. The zero-order chi connectivity index (χ0) is 44.0. The minimum absolute atomic E-state index is 0.0379. The molecule has 0 aromatic heterocycles.